The number of hydrogen-bond acceptors (Lipinski definition) is 3. The Bertz CT molecular complexity index is 363. The maximum absolute atomic E-state index is 12.3. The van der Waals surface area contributed by atoms with Crippen molar-refractivity contribution < 1.29 is 8.42 Å². The van der Waals surface area contributed by atoms with E-state index in [1.54, 1.807) is 0 Å². The summed E-state index contributed by atoms with van der Waals surface area (Å²) in [6.45, 7) is 6.04. The summed E-state index contributed by atoms with van der Waals surface area (Å²) in [5.41, 5.74) is 0. The average molecular weight is 274 g/mol. The molecule has 0 aromatic heterocycles. The summed E-state index contributed by atoms with van der Waals surface area (Å²) in [7, 11) is -3.12. The molecule has 0 spiro atoms. The van der Waals surface area contributed by atoms with E-state index in [9.17, 15) is 8.42 Å². The van der Waals surface area contributed by atoms with Crippen molar-refractivity contribution in [1.29, 1.82) is 0 Å². The summed E-state index contributed by atoms with van der Waals surface area (Å²) in [6.07, 6.45) is 4.81. The monoisotopic (exact) mass is 274 g/mol. The standard InChI is InChI=1S/C13H26N2O2S/c1-3-11-4-5-13(10(11)2)15-18(16,17)12-6-8-14-9-7-12/h10-15H,3-9H2,1-2H3. The van der Waals surface area contributed by atoms with Crippen LogP contribution in [0.1, 0.15) is 46.0 Å². The Morgan fingerprint density at radius 1 is 1.17 bits per heavy atom. The van der Waals surface area contributed by atoms with Gasteiger partial charge in [-0.1, -0.05) is 20.3 Å². The lowest BCUT2D eigenvalue weighted by atomic mass is 9.94. The Morgan fingerprint density at radius 2 is 1.83 bits per heavy atom. The van der Waals surface area contributed by atoms with Crippen LogP contribution in [0, 0.1) is 11.8 Å². The number of hydrogen-bond donors (Lipinski definition) is 2. The second kappa shape index (κ2) is 5.88. The second-order valence-corrected chi connectivity index (χ2v) is 7.82. The van der Waals surface area contributed by atoms with Crippen molar-refractivity contribution >= 4 is 10.0 Å². The molecule has 3 unspecified atom stereocenters. The molecule has 2 N–H and O–H groups in total. The molecule has 2 fully saturated rings. The highest BCUT2D eigenvalue weighted by Crippen LogP contribution is 2.34. The van der Waals surface area contributed by atoms with Crippen molar-refractivity contribution in [2.75, 3.05) is 13.1 Å². The molecule has 106 valence electrons. The molecule has 2 rings (SSSR count). The fraction of sp³-hybridized carbons (Fsp3) is 1.00. The quantitative estimate of drug-likeness (QED) is 0.816. The molecule has 4 nitrogen and oxygen atoms in total. The predicted molar refractivity (Wildman–Crippen MR) is 73.9 cm³/mol. The number of rotatable bonds is 4. The zero-order valence-corrected chi connectivity index (χ0v) is 12.3. The van der Waals surface area contributed by atoms with Gasteiger partial charge in [0.25, 0.3) is 0 Å². The van der Waals surface area contributed by atoms with Crippen molar-refractivity contribution in [1.82, 2.24) is 10.0 Å². The molecule has 1 aliphatic carbocycles. The molecule has 0 bridgehead atoms. The highest BCUT2D eigenvalue weighted by molar-refractivity contribution is 7.90. The molecule has 18 heavy (non-hydrogen) atoms. The molecule has 1 aliphatic heterocycles. The molecule has 1 saturated carbocycles. The third-order valence-corrected chi connectivity index (χ3v) is 6.77. The zero-order chi connectivity index (χ0) is 13.2. The molecule has 5 heteroatoms. The molecule has 1 heterocycles. The zero-order valence-electron chi connectivity index (χ0n) is 11.5. The summed E-state index contributed by atoms with van der Waals surface area (Å²) in [4.78, 5) is 0. The average Bonchev–Trinajstić information content (AvgIpc) is 2.71. The van der Waals surface area contributed by atoms with Crippen molar-refractivity contribution in [2.24, 2.45) is 11.8 Å². The first-order chi connectivity index (χ1) is 8.54. The van der Waals surface area contributed by atoms with Crippen LogP contribution in [-0.4, -0.2) is 32.8 Å². The molecule has 2 aliphatic rings. The van der Waals surface area contributed by atoms with Gasteiger partial charge in [-0.15, -0.1) is 0 Å². The van der Waals surface area contributed by atoms with Gasteiger partial charge in [0, 0.05) is 6.04 Å². The number of piperidine rings is 1. The van der Waals surface area contributed by atoms with Gasteiger partial charge in [-0.3, -0.25) is 0 Å². The van der Waals surface area contributed by atoms with E-state index in [0.717, 1.165) is 45.2 Å². The second-order valence-electron chi connectivity index (χ2n) is 5.82. The Morgan fingerprint density at radius 3 is 2.39 bits per heavy atom. The van der Waals surface area contributed by atoms with Crippen LogP contribution in [0.3, 0.4) is 0 Å². The van der Waals surface area contributed by atoms with E-state index < -0.39 is 10.0 Å². The van der Waals surface area contributed by atoms with Crippen LogP contribution >= 0.6 is 0 Å². The van der Waals surface area contributed by atoms with Crippen LogP contribution < -0.4 is 10.0 Å². The smallest absolute Gasteiger partial charge is 0.214 e. The van der Waals surface area contributed by atoms with Crippen molar-refractivity contribution in [3.63, 3.8) is 0 Å². The largest absolute Gasteiger partial charge is 0.317 e. The van der Waals surface area contributed by atoms with Gasteiger partial charge < -0.3 is 5.32 Å². The van der Waals surface area contributed by atoms with Crippen molar-refractivity contribution in [3.05, 3.63) is 0 Å². The van der Waals surface area contributed by atoms with Gasteiger partial charge in [-0.2, -0.15) is 0 Å². The van der Waals surface area contributed by atoms with Gasteiger partial charge in [-0.25, -0.2) is 13.1 Å². The van der Waals surface area contributed by atoms with Crippen LogP contribution in [0.4, 0.5) is 0 Å². The minimum absolute atomic E-state index is 0.162. The van der Waals surface area contributed by atoms with E-state index in [2.05, 4.69) is 23.9 Å². The summed E-state index contributed by atoms with van der Waals surface area (Å²) < 4.78 is 27.7. The molecule has 0 radical (unpaired) electrons. The van der Waals surface area contributed by atoms with E-state index in [-0.39, 0.29) is 11.3 Å². The minimum atomic E-state index is -3.12. The van der Waals surface area contributed by atoms with E-state index in [0.29, 0.717) is 11.8 Å². The van der Waals surface area contributed by atoms with Gasteiger partial charge in [-0.05, 0) is 50.6 Å². The van der Waals surface area contributed by atoms with Crippen LogP contribution in [0.25, 0.3) is 0 Å². The Hall–Kier alpha value is -0.130. The predicted octanol–water partition coefficient (Wildman–Crippen LogP) is 1.48. The first-order valence-corrected chi connectivity index (χ1v) is 8.81. The number of nitrogens with one attached hydrogen (secondary N) is 2. The van der Waals surface area contributed by atoms with Crippen LogP contribution in [0.5, 0.6) is 0 Å². The topological polar surface area (TPSA) is 58.2 Å². The first kappa shape index (κ1) is 14.3. The Balaban J connectivity index is 1.96. The number of sulfonamides is 1. The van der Waals surface area contributed by atoms with Gasteiger partial charge in [0.1, 0.15) is 0 Å². The lowest BCUT2D eigenvalue weighted by Crippen LogP contribution is -2.46. The lowest BCUT2D eigenvalue weighted by Gasteiger charge is -2.27. The maximum Gasteiger partial charge on any atom is 0.214 e. The van der Waals surface area contributed by atoms with Crippen molar-refractivity contribution in [2.45, 2.75) is 57.2 Å². The first-order valence-electron chi connectivity index (χ1n) is 7.26. The SMILES string of the molecule is CCC1CCC(NS(=O)(=O)C2CCNCC2)C1C. The normalized spacial score (nSPS) is 34.9. The van der Waals surface area contributed by atoms with Crippen LogP contribution in [0.2, 0.25) is 0 Å². The molecule has 0 aromatic carbocycles. The van der Waals surface area contributed by atoms with E-state index >= 15 is 0 Å². The lowest BCUT2D eigenvalue weighted by molar-refractivity contribution is 0.366. The summed E-state index contributed by atoms with van der Waals surface area (Å²) >= 11 is 0. The molecule has 1 saturated heterocycles. The fourth-order valence-corrected chi connectivity index (χ4v) is 5.21. The maximum atomic E-state index is 12.3. The molecule has 0 aromatic rings. The summed E-state index contributed by atoms with van der Waals surface area (Å²) in [6, 6.07) is 0.162. The van der Waals surface area contributed by atoms with Gasteiger partial charge >= 0.3 is 0 Å². The van der Waals surface area contributed by atoms with Crippen LogP contribution in [0.15, 0.2) is 0 Å². The highest BCUT2D eigenvalue weighted by Gasteiger charge is 2.36. The molecular formula is C13H26N2O2S. The summed E-state index contributed by atoms with van der Waals surface area (Å²) in [5, 5.41) is 3.02. The highest BCUT2D eigenvalue weighted by atomic mass is 32.2. The Kier molecular flexibility index (Phi) is 4.67. The molecule has 3 atom stereocenters. The van der Waals surface area contributed by atoms with E-state index in [4.69, 9.17) is 0 Å². The molecular weight excluding hydrogens is 248 g/mol. The minimum Gasteiger partial charge on any atom is -0.317 e. The van der Waals surface area contributed by atoms with Gasteiger partial charge in [0.05, 0.1) is 5.25 Å². The van der Waals surface area contributed by atoms with Gasteiger partial charge in [0.2, 0.25) is 10.0 Å². The fourth-order valence-electron chi connectivity index (χ4n) is 3.40. The third-order valence-electron chi connectivity index (χ3n) is 4.79. The summed E-state index contributed by atoms with van der Waals surface area (Å²) in [5.74, 6) is 1.16. The van der Waals surface area contributed by atoms with Crippen LogP contribution in [-0.2, 0) is 10.0 Å². The van der Waals surface area contributed by atoms with E-state index in [1.807, 2.05) is 0 Å². The third kappa shape index (κ3) is 3.06. The molecule has 0 amide bonds. The van der Waals surface area contributed by atoms with Crippen molar-refractivity contribution in [3.8, 4) is 0 Å². The van der Waals surface area contributed by atoms with Gasteiger partial charge in [0.15, 0.2) is 0 Å². The Labute approximate surface area is 111 Å². The van der Waals surface area contributed by atoms with E-state index in [1.165, 1.54) is 0 Å².